The fraction of sp³-hybridized carbons (Fsp3) is 0.705. The lowest BCUT2D eigenvalue weighted by atomic mass is 9.98. The summed E-state index contributed by atoms with van der Waals surface area (Å²) in [5.74, 6) is -3.29. The zero-order valence-corrected chi connectivity index (χ0v) is 45.6. The fourth-order valence-electron chi connectivity index (χ4n) is 8.12. The normalized spacial score (nSPS) is 18.9. The third kappa shape index (κ3) is 39.0. The smallest absolute Gasteiger partial charge is 0.335 e. The quantitative estimate of drug-likeness (QED) is 0.0228. The minimum absolute atomic E-state index is 0.150. The van der Waals surface area contributed by atoms with Gasteiger partial charge in [-0.15, -0.1) is 0 Å². The standard InChI is InChI=1S/C61H100O12/c1-4-7-10-13-16-19-21-23-25-26-27-28-30-31-33-36-38-41-44-47-53(62)69-50-52(71-54(63)48-45-42-39-35-18-15-12-9-6-3)51-70-61-59(57(66)56(65)58(73-61)60(67)68)72-55(64)49-46-43-40-37-34-32-29-24-22-20-17-14-11-8-5-2/h8,11,16-17,19-20,23-25,29,34,37,43,46,52,56-59,61,65-66H,4-7,9-10,12-15,18,21-22,26-28,30-33,35-36,38-42,44-45,47-51H2,1-3H3,(H,67,68)/b11-8-,19-16-,20-17-,25-23-,29-24-,37-34-,46-43-. The lowest BCUT2D eigenvalue weighted by Gasteiger charge is -2.40. The van der Waals surface area contributed by atoms with Crippen LogP contribution in [0.25, 0.3) is 0 Å². The van der Waals surface area contributed by atoms with Crippen LogP contribution in [0.15, 0.2) is 85.1 Å². The maximum atomic E-state index is 13.1. The van der Waals surface area contributed by atoms with E-state index in [2.05, 4.69) is 81.5 Å². The molecule has 0 saturated carbocycles. The summed E-state index contributed by atoms with van der Waals surface area (Å²) in [5.41, 5.74) is 0. The van der Waals surface area contributed by atoms with E-state index in [0.717, 1.165) is 77.0 Å². The SMILES string of the molecule is CC/C=C\C/C=C\C/C=C\C/C=C\C/C=C\CC(=O)OC1C(OCC(COC(=O)CCCCCCCCCCC/C=C\C/C=C\CCCCC)OC(=O)CCCCCCCCCCC)OC(C(=O)O)C(O)C1O. The summed E-state index contributed by atoms with van der Waals surface area (Å²) in [5, 5.41) is 31.3. The molecule has 1 aliphatic heterocycles. The summed E-state index contributed by atoms with van der Waals surface area (Å²) in [7, 11) is 0. The molecule has 1 rings (SSSR count). The Morgan fingerprint density at radius 3 is 1.41 bits per heavy atom. The van der Waals surface area contributed by atoms with Crippen molar-refractivity contribution in [1.82, 2.24) is 0 Å². The van der Waals surface area contributed by atoms with Crippen molar-refractivity contribution >= 4 is 23.9 Å². The highest BCUT2D eigenvalue weighted by Gasteiger charge is 2.50. The van der Waals surface area contributed by atoms with Crippen LogP contribution in [-0.2, 0) is 42.9 Å². The average molecular weight is 1030 g/mol. The summed E-state index contributed by atoms with van der Waals surface area (Å²) >= 11 is 0. The summed E-state index contributed by atoms with van der Waals surface area (Å²) in [6, 6.07) is 0. The largest absolute Gasteiger partial charge is 0.479 e. The first-order valence-electron chi connectivity index (χ1n) is 28.6. The molecule has 6 atom stereocenters. The van der Waals surface area contributed by atoms with Crippen LogP contribution in [0.3, 0.4) is 0 Å². The second-order valence-electron chi connectivity index (χ2n) is 19.2. The van der Waals surface area contributed by atoms with Crippen molar-refractivity contribution in [3.63, 3.8) is 0 Å². The van der Waals surface area contributed by atoms with E-state index in [1.54, 1.807) is 12.2 Å². The van der Waals surface area contributed by atoms with Gasteiger partial charge in [0.2, 0.25) is 0 Å². The van der Waals surface area contributed by atoms with E-state index >= 15 is 0 Å². The number of carbonyl (C=O) groups excluding carboxylic acids is 3. The molecular weight excluding hydrogens is 925 g/mol. The lowest BCUT2D eigenvalue weighted by molar-refractivity contribution is -0.301. The Balaban J connectivity index is 2.69. The third-order valence-corrected chi connectivity index (χ3v) is 12.5. The second kappa shape index (κ2) is 48.8. The number of unbranched alkanes of at least 4 members (excludes halogenated alkanes) is 20. The molecule has 0 aromatic heterocycles. The minimum Gasteiger partial charge on any atom is -0.479 e. The first-order valence-corrected chi connectivity index (χ1v) is 28.6. The number of esters is 3. The molecular formula is C61H100O12. The predicted octanol–water partition coefficient (Wildman–Crippen LogP) is 14.3. The van der Waals surface area contributed by atoms with Gasteiger partial charge < -0.3 is 39.0 Å². The maximum Gasteiger partial charge on any atom is 0.335 e. The Bertz CT molecular complexity index is 1590. The van der Waals surface area contributed by atoms with E-state index in [1.165, 1.54) is 89.9 Å². The highest BCUT2D eigenvalue weighted by Crippen LogP contribution is 2.26. The topological polar surface area (TPSA) is 175 Å². The number of aliphatic hydroxyl groups is 2. The second-order valence-corrected chi connectivity index (χ2v) is 19.2. The van der Waals surface area contributed by atoms with Gasteiger partial charge in [0.15, 0.2) is 24.6 Å². The molecule has 1 saturated heterocycles. The molecule has 0 aromatic rings. The molecule has 1 fully saturated rings. The van der Waals surface area contributed by atoms with Gasteiger partial charge in [-0.05, 0) is 77.0 Å². The van der Waals surface area contributed by atoms with Crippen molar-refractivity contribution in [1.29, 1.82) is 0 Å². The number of allylic oxidation sites excluding steroid dienone is 13. The Morgan fingerprint density at radius 1 is 0.479 bits per heavy atom. The summed E-state index contributed by atoms with van der Waals surface area (Å²) in [6.07, 6.45) is 50.3. The van der Waals surface area contributed by atoms with Crippen molar-refractivity contribution in [3.05, 3.63) is 85.1 Å². The highest BCUT2D eigenvalue weighted by molar-refractivity contribution is 5.74. The van der Waals surface area contributed by atoms with Gasteiger partial charge in [-0.2, -0.15) is 0 Å². The Morgan fingerprint density at radius 2 is 0.904 bits per heavy atom. The minimum atomic E-state index is -1.94. The molecule has 0 bridgehead atoms. The summed E-state index contributed by atoms with van der Waals surface area (Å²) in [6.45, 7) is 5.77. The van der Waals surface area contributed by atoms with E-state index in [0.29, 0.717) is 19.3 Å². The van der Waals surface area contributed by atoms with E-state index in [1.807, 2.05) is 12.2 Å². The highest BCUT2D eigenvalue weighted by atomic mass is 16.7. The van der Waals surface area contributed by atoms with E-state index in [9.17, 15) is 34.5 Å². The van der Waals surface area contributed by atoms with Crippen LogP contribution in [-0.4, -0.2) is 89.2 Å². The fourth-order valence-corrected chi connectivity index (χ4v) is 8.12. The molecule has 0 amide bonds. The number of hydrogen-bond acceptors (Lipinski definition) is 11. The van der Waals surface area contributed by atoms with Crippen LogP contribution in [0.2, 0.25) is 0 Å². The summed E-state index contributed by atoms with van der Waals surface area (Å²) in [4.78, 5) is 50.9. The van der Waals surface area contributed by atoms with Crippen molar-refractivity contribution < 1.29 is 58.2 Å². The molecule has 1 heterocycles. The van der Waals surface area contributed by atoms with Gasteiger partial charge in [-0.25, -0.2) is 4.79 Å². The summed E-state index contributed by atoms with van der Waals surface area (Å²) < 4.78 is 28.2. The van der Waals surface area contributed by atoms with Gasteiger partial charge >= 0.3 is 23.9 Å². The average Bonchev–Trinajstić information content (AvgIpc) is 3.37. The van der Waals surface area contributed by atoms with Crippen LogP contribution < -0.4 is 0 Å². The molecule has 0 radical (unpaired) electrons. The number of carboxylic acids is 1. The molecule has 0 spiro atoms. The molecule has 0 aliphatic carbocycles. The van der Waals surface area contributed by atoms with E-state index in [4.69, 9.17) is 23.7 Å². The number of aliphatic hydroxyl groups excluding tert-OH is 2. The number of carboxylic acid groups (broad SMARTS) is 1. The van der Waals surface area contributed by atoms with E-state index in [-0.39, 0.29) is 25.9 Å². The van der Waals surface area contributed by atoms with Crippen LogP contribution >= 0.6 is 0 Å². The third-order valence-electron chi connectivity index (χ3n) is 12.5. The number of carbonyl (C=O) groups is 4. The molecule has 416 valence electrons. The lowest BCUT2D eigenvalue weighted by Crippen LogP contribution is -2.61. The van der Waals surface area contributed by atoms with Crippen molar-refractivity contribution in [3.8, 4) is 0 Å². The van der Waals surface area contributed by atoms with Gasteiger partial charge in [0.25, 0.3) is 0 Å². The number of rotatable bonds is 47. The predicted molar refractivity (Wildman–Crippen MR) is 294 cm³/mol. The Labute approximate surface area is 441 Å². The Hall–Kier alpha value is -4.10. The zero-order chi connectivity index (χ0) is 53.3. The molecule has 1 aliphatic rings. The molecule has 12 nitrogen and oxygen atoms in total. The molecule has 0 aromatic carbocycles. The van der Waals surface area contributed by atoms with Crippen LogP contribution in [0, 0.1) is 0 Å². The van der Waals surface area contributed by atoms with Gasteiger partial charge in [0, 0.05) is 12.8 Å². The van der Waals surface area contributed by atoms with Crippen LogP contribution in [0.5, 0.6) is 0 Å². The van der Waals surface area contributed by atoms with Crippen molar-refractivity contribution in [2.75, 3.05) is 13.2 Å². The van der Waals surface area contributed by atoms with Gasteiger partial charge in [-0.3, -0.25) is 14.4 Å². The molecule has 73 heavy (non-hydrogen) atoms. The maximum absolute atomic E-state index is 13.1. The molecule has 6 unspecified atom stereocenters. The van der Waals surface area contributed by atoms with Gasteiger partial charge in [0.05, 0.1) is 13.0 Å². The Kier molecular flexibility index (Phi) is 44.7. The monoisotopic (exact) mass is 1020 g/mol. The molecule has 3 N–H and O–H groups in total. The van der Waals surface area contributed by atoms with E-state index < -0.39 is 67.3 Å². The molecule has 12 heteroatoms. The number of aliphatic carboxylic acids is 1. The van der Waals surface area contributed by atoms with Crippen LogP contribution in [0.4, 0.5) is 0 Å². The van der Waals surface area contributed by atoms with Crippen molar-refractivity contribution in [2.24, 2.45) is 0 Å². The van der Waals surface area contributed by atoms with Crippen molar-refractivity contribution in [2.45, 2.75) is 263 Å². The first-order chi connectivity index (χ1) is 35.6. The zero-order valence-electron chi connectivity index (χ0n) is 45.6. The first kappa shape index (κ1) is 66.9. The van der Waals surface area contributed by atoms with Crippen LogP contribution in [0.1, 0.15) is 226 Å². The van der Waals surface area contributed by atoms with Gasteiger partial charge in [0.1, 0.15) is 18.8 Å². The van der Waals surface area contributed by atoms with Gasteiger partial charge in [-0.1, -0.05) is 215 Å². The number of ether oxygens (including phenoxy) is 5. The number of hydrogen-bond donors (Lipinski definition) is 3.